The SMILES string of the molecule is CCOC(=O)c1scnc1Oc1ccc(Br)cc1. The molecule has 0 saturated carbocycles. The Bertz CT molecular complexity index is 539. The summed E-state index contributed by atoms with van der Waals surface area (Å²) in [7, 11) is 0. The number of esters is 1. The number of carbonyl (C=O) groups is 1. The second kappa shape index (κ2) is 5.97. The summed E-state index contributed by atoms with van der Waals surface area (Å²) in [5, 5.41) is 0. The van der Waals surface area contributed by atoms with Crippen molar-refractivity contribution in [3.05, 3.63) is 39.1 Å². The number of rotatable bonds is 4. The Morgan fingerprint density at radius 1 is 1.39 bits per heavy atom. The summed E-state index contributed by atoms with van der Waals surface area (Å²) in [5.41, 5.74) is 1.56. The lowest BCUT2D eigenvalue weighted by atomic mass is 10.3. The molecule has 0 saturated heterocycles. The molecule has 0 amide bonds. The monoisotopic (exact) mass is 327 g/mol. The van der Waals surface area contributed by atoms with E-state index < -0.39 is 5.97 Å². The van der Waals surface area contributed by atoms with Crippen molar-refractivity contribution in [2.45, 2.75) is 6.92 Å². The Kier molecular flexibility index (Phi) is 4.33. The highest BCUT2D eigenvalue weighted by atomic mass is 79.9. The maximum Gasteiger partial charge on any atom is 0.353 e. The molecule has 4 nitrogen and oxygen atoms in total. The average Bonchev–Trinajstić information content (AvgIpc) is 2.81. The van der Waals surface area contributed by atoms with E-state index >= 15 is 0 Å². The average molecular weight is 328 g/mol. The molecular weight excluding hydrogens is 318 g/mol. The molecule has 2 aromatic rings. The van der Waals surface area contributed by atoms with E-state index in [1.165, 1.54) is 11.3 Å². The summed E-state index contributed by atoms with van der Waals surface area (Å²) in [6.45, 7) is 2.09. The molecule has 94 valence electrons. The second-order valence-electron chi connectivity index (χ2n) is 3.26. The fourth-order valence-corrected chi connectivity index (χ4v) is 2.12. The largest absolute Gasteiger partial charge is 0.462 e. The zero-order chi connectivity index (χ0) is 13.0. The van der Waals surface area contributed by atoms with Crippen molar-refractivity contribution in [2.24, 2.45) is 0 Å². The van der Waals surface area contributed by atoms with Gasteiger partial charge in [0, 0.05) is 4.47 Å². The third kappa shape index (κ3) is 3.08. The normalized spacial score (nSPS) is 10.1. The molecule has 0 aliphatic heterocycles. The number of ether oxygens (including phenoxy) is 2. The van der Waals surface area contributed by atoms with Gasteiger partial charge in [-0.15, -0.1) is 11.3 Å². The lowest BCUT2D eigenvalue weighted by molar-refractivity contribution is 0.0529. The molecule has 18 heavy (non-hydrogen) atoms. The van der Waals surface area contributed by atoms with E-state index in [9.17, 15) is 4.79 Å². The summed E-state index contributed by atoms with van der Waals surface area (Å²) in [6, 6.07) is 7.29. The molecule has 6 heteroatoms. The first-order valence-electron chi connectivity index (χ1n) is 5.24. The Labute approximate surface area is 117 Å². The summed E-state index contributed by atoms with van der Waals surface area (Å²) < 4.78 is 11.4. The summed E-state index contributed by atoms with van der Waals surface area (Å²) >= 11 is 4.54. The van der Waals surface area contributed by atoms with Crippen LogP contribution in [0.5, 0.6) is 11.6 Å². The van der Waals surface area contributed by atoms with Gasteiger partial charge in [0.05, 0.1) is 12.1 Å². The van der Waals surface area contributed by atoms with Gasteiger partial charge in [0.15, 0.2) is 4.88 Å². The van der Waals surface area contributed by atoms with Gasteiger partial charge in [0.2, 0.25) is 5.88 Å². The third-order valence-electron chi connectivity index (χ3n) is 2.02. The summed E-state index contributed by atoms with van der Waals surface area (Å²) in [4.78, 5) is 16.0. The molecule has 0 spiro atoms. The molecule has 1 aromatic carbocycles. The van der Waals surface area contributed by atoms with E-state index in [0.29, 0.717) is 17.2 Å². The second-order valence-corrected chi connectivity index (χ2v) is 5.03. The molecule has 0 fully saturated rings. The van der Waals surface area contributed by atoms with Crippen molar-refractivity contribution in [2.75, 3.05) is 6.61 Å². The molecule has 0 radical (unpaired) electrons. The molecule has 0 aliphatic carbocycles. The quantitative estimate of drug-likeness (QED) is 0.799. The van der Waals surface area contributed by atoms with Crippen LogP contribution in [-0.4, -0.2) is 17.6 Å². The Morgan fingerprint density at radius 3 is 2.78 bits per heavy atom. The molecule has 0 N–H and O–H groups in total. The van der Waals surface area contributed by atoms with E-state index in [0.717, 1.165) is 4.47 Å². The zero-order valence-electron chi connectivity index (χ0n) is 9.55. The first kappa shape index (κ1) is 13.0. The minimum atomic E-state index is -0.410. The predicted molar refractivity (Wildman–Crippen MR) is 72.3 cm³/mol. The number of hydrogen-bond donors (Lipinski definition) is 0. The molecule has 1 heterocycles. The maximum absolute atomic E-state index is 11.6. The number of nitrogens with zero attached hydrogens (tertiary/aromatic N) is 1. The lowest BCUT2D eigenvalue weighted by Crippen LogP contribution is -2.04. The maximum atomic E-state index is 11.6. The van der Waals surface area contributed by atoms with Gasteiger partial charge in [-0.1, -0.05) is 15.9 Å². The number of hydrogen-bond acceptors (Lipinski definition) is 5. The number of carbonyl (C=O) groups excluding carboxylic acids is 1. The molecule has 0 aliphatic rings. The third-order valence-corrected chi connectivity index (χ3v) is 3.34. The standard InChI is InChI=1S/C12H10BrNO3S/c1-2-16-12(15)10-11(14-7-18-10)17-9-5-3-8(13)4-6-9/h3-7H,2H2,1H3. The first-order chi connectivity index (χ1) is 8.70. The molecule has 1 aromatic heterocycles. The van der Waals surface area contributed by atoms with Crippen LogP contribution in [0.1, 0.15) is 16.6 Å². The molecule has 2 rings (SSSR count). The number of halogens is 1. The van der Waals surface area contributed by atoms with Gasteiger partial charge in [0.1, 0.15) is 5.75 Å². The zero-order valence-corrected chi connectivity index (χ0v) is 12.0. The van der Waals surface area contributed by atoms with Crippen LogP contribution in [0.25, 0.3) is 0 Å². The molecule has 0 bridgehead atoms. The van der Waals surface area contributed by atoms with Crippen molar-refractivity contribution < 1.29 is 14.3 Å². The lowest BCUT2D eigenvalue weighted by Gasteiger charge is -2.04. The number of aromatic nitrogens is 1. The predicted octanol–water partition coefficient (Wildman–Crippen LogP) is 3.87. The van der Waals surface area contributed by atoms with E-state index in [1.807, 2.05) is 12.1 Å². The van der Waals surface area contributed by atoms with Crippen LogP contribution in [0.15, 0.2) is 34.2 Å². The van der Waals surface area contributed by atoms with Gasteiger partial charge >= 0.3 is 5.97 Å². The van der Waals surface area contributed by atoms with Crippen LogP contribution in [0, 0.1) is 0 Å². The van der Waals surface area contributed by atoms with Crippen molar-refractivity contribution in [3.63, 3.8) is 0 Å². The Balaban J connectivity index is 2.17. The van der Waals surface area contributed by atoms with E-state index in [1.54, 1.807) is 24.6 Å². The topological polar surface area (TPSA) is 48.4 Å². The van der Waals surface area contributed by atoms with Crippen LogP contribution in [0.3, 0.4) is 0 Å². The van der Waals surface area contributed by atoms with Gasteiger partial charge in [-0.05, 0) is 31.2 Å². The Morgan fingerprint density at radius 2 is 2.11 bits per heavy atom. The smallest absolute Gasteiger partial charge is 0.353 e. The van der Waals surface area contributed by atoms with E-state index in [-0.39, 0.29) is 5.88 Å². The number of benzene rings is 1. The van der Waals surface area contributed by atoms with Crippen LogP contribution in [0.4, 0.5) is 0 Å². The highest BCUT2D eigenvalue weighted by Gasteiger charge is 2.17. The van der Waals surface area contributed by atoms with Gasteiger partial charge in [-0.25, -0.2) is 9.78 Å². The summed E-state index contributed by atoms with van der Waals surface area (Å²) in [6.07, 6.45) is 0. The van der Waals surface area contributed by atoms with Crippen molar-refractivity contribution in [1.29, 1.82) is 0 Å². The summed E-state index contributed by atoms with van der Waals surface area (Å²) in [5.74, 6) is 0.488. The van der Waals surface area contributed by atoms with Crippen LogP contribution >= 0.6 is 27.3 Å². The van der Waals surface area contributed by atoms with Crippen LogP contribution in [-0.2, 0) is 4.74 Å². The number of thiazole rings is 1. The fourth-order valence-electron chi connectivity index (χ4n) is 1.25. The molecule has 0 unspecified atom stereocenters. The first-order valence-corrected chi connectivity index (χ1v) is 6.92. The van der Waals surface area contributed by atoms with Crippen LogP contribution in [0.2, 0.25) is 0 Å². The van der Waals surface area contributed by atoms with E-state index in [4.69, 9.17) is 9.47 Å². The van der Waals surface area contributed by atoms with Gasteiger partial charge in [-0.3, -0.25) is 0 Å². The van der Waals surface area contributed by atoms with Crippen molar-refractivity contribution >= 4 is 33.2 Å². The van der Waals surface area contributed by atoms with E-state index in [2.05, 4.69) is 20.9 Å². The van der Waals surface area contributed by atoms with Gasteiger partial charge in [-0.2, -0.15) is 0 Å². The fraction of sp³-hybridized carbons (Fsp3) is 0.167. The minimum Gasteiger partial charge on any atom is -0.462 e. The van der Waals surface area contributed by atoms with Crippen LogP contribution < -0.4 is 4.74 Å². The highest BCUT2D eigenvalue weighted by molar-refractivity contribution is 9.10. The highest BCUT2D eigenvalue weighted by Crippen LogP contribution is 2.28. The molecule has 0 atom stereocenters. The molecular formula is C12H10BrNO3S. The van der Waals surface area contributed by atoms with Crippen molar-refractivity contribution in [1.82, 2.24) is 4.98 Å². The minimum absolute atomic E-state index is 0.278. The van der Waals surface area contributed by atoms with Gasteiger partial charge < -0.3 is 9.47 Å². The van der Waals surface area contributed by atoms with Gasteiger partial charge in [0.25, 0.3) is 0 Å². The Hall–Kier alpha value is -1.40. The van der Waals surface area contributed by atoms with Crippen molar-refractivity contribution in [3.8, 4) is 11.6 Å².